The van der Waals surface area contributed by atoms with E-state index in [0.717, 1.165) is 44.9 Å². The third-order valence-electron chi connectivity index (χ3n) is 7.96. The van der Waals surface area contributed by atoms with Crippen molar-refractivity contribution in [1.29, 1.82) is 0 Å². The van der Waals surface area contributed by atoms with Gasteiger partial charge in [0.25, 0.3) is 0 Å². The van der Waals surface area contributed by atoms with Gasteiger partial charge in [0.1, 0.15) is 11.5 Å². The molecule has 0 radical (unpaired) electrons. The molecule has 2 atom stereocenters. The Labute approximate surface area is 209 Å². The van der Waals surface area contributed by atoms with Crippen LogP contribution in [0.1, 0.15) is 115 Å². The number of phosphoric acid groups is 2. The van der Waals surface area contributed by atoms with E-state index < -0.39 is 21.1 Å². The zero-order valence-corrected chi connectivity index (χ0v) is 22.9. The van der Waals surface area contributed by atoms with Gasteiger partial charge < -0.3 is 28.6 Å². The Kier molecular flexibility index (Phi) is 9.56. The normalized spacial score (nSPS) is 25.5. The summed E-state index contributed by atoms with van der Waals surface area (Å²) in [5, 5.41) is 0. The van der Waals surface area contributed by atoms with Crippen molar-refractivity contribution in [2.24, 2.45) is 11.8 Å². The third kappa shape index (κ3) is 8.31. The lowest BCUT2D eigenvalue weighted by atomic mass is 9.69. The minimum atomic E-state index is -5.18. The van der Waals surface area contributed by atoms with Gasteiger partial charge in [0.2, 0.25) is 0 Å². The van der Waals surface area contributed by atoms with Gasteiger partial charge in [-0.1, -0.05) is 65.7 Å². The highest BCUT2D eigenvalue weighted by Gasteiger charge is 2.34. The predicted octanol–water partition coefficient (Wildman–Crippen LogP) is 5.69. The molecule has 8 nitrogen and oxygen atoms in total. The minimum Gasteiger partial charge on any atom is -0.746 e. The average Bonchev–Trinajstić information content (AvgIpc) is 2.76. The molecule has 0 bridgehead atoms. The van der Waals surface area contributed by atoms with E-state index >= 15 is 0 Å². The zero-order chi connectivity index (χ0) is 25.9. The van der Waals surface area contributed by atoms with E-state index in [1.165, 1.54) is 32.1 Å². The smallest absolute Gasteiger partial charge is 0.317 e. The molecular formula is C25H40O8P2-2. The largest absolute Gasteiger partial charge is 0.746 e. The Hall–Kier alpha value is -0.880. The Morgan fingerprint density at radius 2 is 1.37 bits per heavy atom. The Bertz CT molecular complexity index is 892. The van der Waals surface area contributed by atoms with Crippen molar-refractivity contribution in [1.82, 2.24) is 0 Å². The second-order valence-electron chi connectivity index (χ2n) is 11.0. The first-order valence-electron chi connectivity index (χ1n) is 12.9. The SMILES string of the molecule is CCCCC(C)(C)c1cc(OP(=O)([O-])O)c(C2CCC(C3CCCCC3)CC2)c(OP(=O)([O-])O)c1. The maximum Gasteiger partial charge on any atom is 0.317 e. The number of benzene rings is 1. The summed E-state index contributed by atoms with van der Waals surface area (Å²) in [6.45, 7) is 5.99. The van der Waals surface area contributed by atoms with Gasteiger partial charge in [-0.2, -0.15) is 0 Å². The Morgan fingerprint density at radius 1 is 0.886 bits per heavy atom. The van der Waals surface area contributed by atoms with Gasteiger partial charge >= 0.3 is 15.6 Å². The van der Waals surface area contributed by atoms with Crippen LogP contribution in [0.25, 0.3) is 0 Å². The van der Waals surface area contributed by atoms with Gasteiger partial charge in [0.15, 0.2) is 0 Å². The summed E-state index contributed by atoms with van der Waals surface area (Å²) >= 11 is 0. The first-order valence-corrected chi connectivity index (χ1v) is 15.9. The van der Waals surface area contributed by atoms with E-state index in [4.69, 9.17) is 9.05 Å². The van der Waals surface area contributed by atoms with Crippen LogP contribution in [-0.2, 0) is 14.5 Å². The fourth-order valence-corrected chi connectivity index (χ4v) is 6.84. The maximum absolute atomic E-state index is 11.8. The van der Waals surface area contributed by atoms with Crippen LogP contribution in [0.15, 0.2) is 12.1 Å². The van der Waals surface area contributed by atoms with Gasteiger partial charge in [-0.25, -0.2) is 0 Å². The fraction of sp³-hybridized carbons (Fsp3) is 0.760. The Morgan fingerprint density at radius 3 is 1.83 bits per heavy atom. The molecule has 0 aliphatic heterocycles. The molecule has 2 unspecified atom stereocenters. The van der Waals surface area contributed by atoms with Gasteiger partial charge in [0, 0.05) is 5.56 Å². The van der Waals surface area contributed by atoms with Crippen LogP contribution in [0.3, 0.4) is 0 Å². The van der Waals surface area contributed by atoms with Gasteiger partial charge in [0.05, 0.1) is 0 Å². The van der Waals surface area contributed by atoms with Gasteiger partial charge in [-0.3, -0.25) is 9.13 Å². The molecule has 200 valence electrons. The lowest BCUT2D eigenvalue weighted by Crippen LogP contribution is -2.24. The molecule has 1 aromatic rings. The molecule has 2 aliphatic carbocycles. The highest BCUT2D eigenvalue weighted by Crippen LogP contribution is 2.53. The lowest BCUT2D eigenvalue weighted by molar-refractivity contribution is -0.212. The maximum atomic E-state index is 11.8. The highest BCUT2D eigenvalue weighted by atomic mass is 31.2. The molecule has 2 N–H and O–H groups in total. The lowest BCUT2D eigenvalue weighted by Gasteiger charge is -2.37. The van der Waals surface area contributed by atoms with Crippen LogP contribution in [0.5, 0.6) is 11.5 Å². The molecule has 0 aromatic heterocycles. The van der Waals surface area contributed by atoms with Crippen LogP contribution in [-0.4, -0.2) is 9.79 Å². The van der Waals surface area contributed by atoms with Crippen LogP contribution in [0.4, 0.5) is 0 Å². The van der Waals surface area contributed by atoms with E-state index in [9.17, 15) is 28.7 Å². The van der Waals surface area contributed by atoms with E-state index in [1.807, 2.05) is 13.8 Å². The van der Waals surface area contributed by atoms with E-state index in [0.29, 0.717) is 17.4 Å². The second-order valence-corrected chi connectivity index (χ2v) is 13.2. The Balaban J connectivity index is 2.00. The molecule has 0 amide bonds. The number of hydrogen-bond acceptors (Lipinski definition) is 6. The third-order valence-corrected chi connectivity index (χ3v) is 8.82. The van der Waals surface area contributed by atoms with Gasteiger partial charge in [-0.05, 0) is 73.0 Å². The first kappa shape index (κ1) is 28.7. The molecule has 2 fully saturated rings. The van der Waals surface area contributed by atoms with Crippen LogP contribution in [0, 0.1) is 11.8 Å². The summed E-state index contributed by atoms with van der Waals surface area (Å²) < 4.78 is 33.6. The molecule has 10 heteroatoms. The minimum absolute atomic E-state index is 0.127. The number of rotatable bonds is 10. The van der Waals surface area contributed by atoms with E-state index in [1.54, 1.807) is 12.1 Å². The average molecular weight is 531 g/mol. The summed E-state index contributed by atoms with van der Waals surface area (Å²) in [5.74, 6) is 0.830. The summed E-state index contributed by atoms with van der Waals surface area (Å²) in [6.07, 6.45) is 12.3. The first-order chi connectivity index (χ1) is 16.3. The highest BCUT2D eigenvalue weighted by molar-refractivity contribution is 7.45. The summed E-state index contributed by atoms with van der Waals surface area (Å²) in [6, 6.07) is 3.14. The monoisotopic (exact) mass is 530 g/mol. The topological polar surface area (TPSA) is 139 Å². The van der Waals surface area contributed by atoms with Crippen molar-refractivity contribution in [2.45, 2.75) is 109 Å². The number of unbranched alkanes of at least 4 members (excludes halogenated alkanes) is 1. The zero-order valence-electron chi connectivity index (χ0n) is 21.1. The molecule has 3 rings (SSSR count). The number of hydrogen-bond donors (Lipinski definition) is 2. The van der Waals surface area contributed by atoms with Crippen molar-refractivity contribution in [2.75, 3.05) is 0 Å². The standard InChI is InChI=1S/C25H42O8P2/c1-4-5-15-25(2,3)21-16-22(32-34(26,27)28)24(23(17-21)33-35(29,30)31)20-13-11-19(12-14-20)18-9-7-6-8-10-18/h16-20H,4-15H2,1-3H3,(H2,26,27,28)(H2,29,30,31)/p-2. The van der Waals surface area contributed by atoms with Crippen molar-refractivity contribution in [3.05, 3.63) is 23.3 Å². The molecule has 1 aromatic carbocycles. The van der Waals surface area contributed by atoms with Crippen LogP contribution < -0.4 is 18.8 Å². The number of phosphoric ester groups is 2. The van der Waals surface area contributed by atoms with Crippen molar-refractivity contribution in [3.63, 3.8) is 0 Å². The van der Waals surface area contributed by atoms with E-state index in [2.05, 4.69) is 6.92 Å². The van der Waals surface area contributed by atoms with Crippen molar-refractivity contribution in [3.8, 4) is 11.5 Å². The van der Waals surface area contributed by atoms with E-state index in [-0.39, 0.29) is 23.0 Å². The molecule has 2 aliphatic rings. The molecule has 2 saturated carbocycles. The molecule has 0 spiro atoms. The molecule has 35 heavy (non-hydrogen) atoms. The molecule has 0 saturated heterocycles. The summed E-state index contributed by atoms with van der Waals surface area (Å²) in [4.78, 5) is 42.6. The fourth-order valence-electron chi connectivity index (χ4n) is 6.04. The van der Waals surface area contributed by atoms with Gasteiger partial charge in [-0.15, -0.1) is 0 Å². The predicted molar refractivity (Wildman–Crippen MR) is 131 cm³/mol. The van der Waals surface area contributed by atoms with Crippen LogP contribution >= 0.6 is 15.6 Å². The molecular weight excluding hydrogens is 490 g/mol. The van der Waals surface area contributed by atoms with Crippen LogP contribution in [0.2, 0.25) is 0 Å². The summed E-state index contributed by atoms with van der Waals surface area (Å²) in [7, 11) is -10.4. The van der Waals surface area contributed by atoms with Crippen molar-refractivity contribution >= 4 is 15.6 Å². The van der Waals surface area contributed by atoms with Crippen molar-refractivity contribution < 1.29 is 37.8 Å². The molecule has 0 heterocycles. The quantitative estimate of drug-likeness (QED) is 0.368. The summed E-state index contributed by atoms with van der Waals surface area (Å²) in [5.41, 5.74) is 0.434. The second kappa shape index (κ2) is 11.7.